The second kappa shape index (κ2) is 35.2. The van der Waals surface area contributed by atoms with Gasteiger partial charge in [-0.3, -0.25) is 10.8 Å². The minimum Gasteiger partial charge on any atom is -0.311 e. The van der Waals surface area contributed by atoms with E-state index < -0.39 is 0 Å². The average molecular weight is 1710 g/mol. The van der Waals surface area contributed by atoms with E-state index in [0.29, 0.717) is 5.71 Å². The van der Waals surface area contributed by atoms with Crippen LogP contribution >= 0.6 is 22.7 Å². The van der Waals surface area contributed by atoms with Gasteiger partial charge < -0.3 is 19.6 Å². The Morgan fingerprint density at radius 1 is 0.254 bits per heavy atom. The number of allylic oxidation sites excluding steroid dienone is 3. The van der Waals surface area contributed by atoms with E-state index in [1.165, 1.54) is 4.70 Å². The Balaban J connectivity index is 0.499. The number of hydrogen-bond donors (Lipinski definition) is 2. The van der Waals surface area contributed by atoms with E-state index in [9.17, 15) is 5.41 Å². The Morgan fingerprint density at radius 3 is 1.11 bits per heavy atom. The van der Waals surface area contributed by atoms with Crippen molar-refractivity contribution in [1.29, 1.82) is 5.41 Å². The van der Waals surface area contributed by atoms with Crippen molar-refractivity contribution in [2.45, 2.75) is 0 Å². The lowest BCUT2D eigenvalue weighted by atomic mass is 9.92. The van der Waals surface area contributed by atoms with Crippen LogP contribution in [-0.4, -0.2) is 36.4 Å². The van der Waals surface area contributed by atoms with Crippen molar-refractivity contribution in [1.82, 2.24) is 25.0 Å². The van der Waals surface area contributed by atoms with Gasteiger partial charge in [-0.1, -0.05) is 255 Å². The molecular weight excluding hydrogens is 1630 g/mol. The Morgan fingerprint density at radius 2 is 0.623 bits per heavy atom. The Hall–Kier alpha value is -17.0. The number of para-hydroxylation sites is 7. The highest BCUT2D eigenvalue weighted by atomic mass is 32.1. The summed E-state index contributed by atoms with van der Waals surface area (Å²) in [6.45, 7) is 0. The molecule has 3 aromatic heterocycles. The lowest BCUT2D eigenvalue weighted by Gasteiger charge is -2.28. The van der Waals surface area contributed by atoms with Crippen LogP contribution in [0.25, 0.3) is 125 Å². The molecule has 3 heterocycles. The first-order chi connectivity index (χ1) is 64.3. The molecule has 0 bridgehead atoms. The molecule has 18 aromatic carbocycles. The second-order valence-electron chi connectivity index (χ2n) is 31.9. The van der Waals surface area contributed by atoms with Gasteiger partial charge >= 0.3 is 0 Å². The summed E-state index contributed by atoms with van der Waals surface area (Å²) >= 11 is 3.42. The highest BCUT2D eigenvalue weighted by Gasteiger charge is 2.24. The van der Waals surface area contributed by atoms with E-state index >= 15 is 0 Å². The van der Waals surface area contributed by atoms with Crippen LogP contribution in [0.4, 0.5) is 68.2 Å². The third-order valence-corrected chi connectivity index (χ3v) is 25.8. The molecule has 0 aliphatic heterocycles. The van der Waals surface area contributed by atoms with E-state index in [1.807, 2.05) is 97.1 Å². The van der Waals surface area contributed by atoms with Gasteiger partial charge in [0.05, 0.1) is 37.5 Å². The molecule has 14 heteroatoms. The predicted molar refractivity (Wildman–Crippen MR) is 544 cm³/mol. The van der Waals surface area contributed by atoms with Gasteiger partial charge in [-0.2, -0.15) is 9.90 Å². The van der Waals surface area contributed by atoms with Gasteiger partial charge in [0.15, 0.2) is 0 Å². The third-order valence-electron chi connectivity index (χ3n) is 23.6. The van der Waals surface area contributed by atoms with Gasteiger partial charge in [0, 0.05) is 79.4 Å². The number of hydrazone groups is 1. The fourth-order valence-corrected chi connectivity index (χ4v) is 19.0. The molecule has 0 fully saturated rings. The zero-order valence-corrected chi connectivity index (χ0v) is 72.0. The normalized spacial score (nSPS) is 12.2. The number of fused-ring (bicyclic) bond motifs is 3. The summed E-state index contributed by atoms with van der Waals surface area (Å²) in [5.41, 5.74) is 36.8. The fraction of sp³-hybridized carbons (Fsp3) is 0. The van der Waals surface area contributed by atoms with Crippen LogP contribution < -0.4 is 25.0 Å². The molecule has 0 saturated heterocycles. The third kappa shape index (κ3) is 16.3. The fourth-order valence-electron chi connectivity index (χ4n) is 17.1. The molecule has 130 heavy (non-hydrogen) atoms. The van der Waals surface area contributed by atoms with E-state index in [1.54, 1.807) is 27.5 Å². The van der Waals surface area contributed by atoms with Gasteiger partial charge in [-0.15, -0.1) is 32.9 Å². The number of benzene rings is 18. The van der Waals surface area contributed by atoms with Crippen molar-refractivity contribution in [3.63, 3.8) is 0 Å². The molecule has 12 nitrogen and oxygen atoms in total. The van der Waals surface area contributed by atoms with Crippen molar-refractivity contribution in [3.8, 4) is 93.6 Å². The number of nitrogens with zero attached hydrogens (tertiary/aromatic N) is 10. The molecular formula is C116H80N12S2. The number of anilines is 12. The van der Waals surface area contributed by atoms with Crippen LogP contribution in [0.5, 0.6) is 0 Å². The van der Waals surface area contributed by atoms with Crippen molar-refractivity contribution in [2.75, 3.05) is 25.0 Å². The molecule has 2 N–H and O–H groups in total. The van der Waals surface area contributed by atoms with E-state index in [-0.39, 0.29) is 5.71 Å². The van der Waals surface area contributed by atoms with Crippen LogP contribution in [0.2, 0.25) is 0 Å². The summed E-state index contributed by atoms with van der Waals surface area (Å²) in [5.74, 6) is 0. The minimum absolute atomic E-state index is 0.271. The molecule has 1 aliphatic carbocycles. The maximum atomic E-state index is 9.55. The largest absolute Gasteiger partial charge is 0.311 e. The summed E-state index contributed by atoms with van der Waals surface area (Å²) in [4.78, 5) is 20.8. The summed E-state index contributed by atoms with van der Waals surface area (Å²) in [6.07, 6.45) is 5.84. The molecule has 616 valence electrons. The number of rotatable bonds is 23. The predicted octanol–water partition coefficient (Wildman–Crippen LogP) is 31.5. The first kappa shape index (κ1) is 78.9. The van der Waals surface area contributed by atoms with Crippen molar-refractivity contribution < 1.29 is 0 Å². The van der Waals surface area contributed by atoms with Gasteiger partial charge in [-0.05, 0) is 285 Å². The summed E-state index contributed by atoms with van der Waals surface area (Å²) in [5, 5.41) is 26.1. The lowest BCUT2D eigenvalue weighted by Crippen LogP contribution is -2.22. The van der Waals surface area contributed by atoms with Crippen LogP contribution in [0.15, 0.2) is 484 Å². The molecule has 1 aliphatic rings. The van der Waals surface area contributed by atoms with E-state index in [0.717, 1.165) is 194 Å². The lowest BCUT2D eigenvalue weighted by molar-refractivity contribution is 0.766. The molecule has 0 unspecified atom stereocenters. The molecule has 0 radical (unpaired) electrons. The summed E-state index contributed by atoms with van der Waals surface area (Å²) < 4.78 is 2.33. The zero-order chi connectivity index (χ0) is 86.6. The maximum Gasteiger partial charge on any atom is 0.124 e. The van der Waals surface area contributed by atoms with Gasteiger partial charge in [0.2, 0.25) is 0 Å². The molecule has 0 atom stereocenters. The van der Waals surface area contributed by atoms with Gasteiger partial charge in [-0.25, -0.2) is 9.97 Å². The second-order valence-corrected chi connectivity index (χ2v) is 33.9. The van der Waals surface area contributed by atoms with Gasteiger partial charge in [0.25, 0.3) is 0 Å². The summed E-state index contributed by atoms with van der Waals surface area (Å²) in [7, 11) is 0. The SMILES string of the molecule is N=C1C=C(N(c2ccccc2)c2ccc(-c3cccc(-c4ccc(N(c5ccccc5)c5ccc6nn(-c7ccccc7)nc6c5)cc4)c3)cc2)C=C/C1=N/Nc1cccc(-c2cc(-c3nc4ccccc4s3)ccc2-c2ccc(N(c3ccccc3)c3ccc(-c4ccc(N(c5ccccc5)c5ccc(-c6ccc(-c7nc8ccccc8s7)cc6)cc5)cc4)cc3)cc2)c1. The van der Waals surface area contributed by atoms with Crippen molar-refractivity contribution >= 4 is 134 Å². The Kier molecular flexibility index (Phi) is 21.3. The van der Waals surface area contributed by atoms with Crippen molar-refractivity contribution in [2.24, 2.45) is 5.10 Å². The minimum atomic E-state index is 0.271. The van der Waals surface area contributed by atoms with Crippen LogP contribution in [-0.2, 0) is 0 Å². The zero-order valence-electron chi connectivity index (χ0n) is 70.3. The standard InChI is InChI=1S/C116H80N12S2/c117-107-77-103(126(94-30-10-3-11-31-94)100-63-50-83(51-64-100)87-22-20-23-88(74-87)84-52-65-101(66-53-84)127(95-32-12-4-13-33-95)104-70-73-109-112(78-104)123-128(122-109)102-34-14-5-15-35-102)69-72-108(107)121-120-91-25-21-24-89(75-91)106-76-90(116-119-111-37-17-19-39-114(111)130-116)56-71-105(106)85-54-67-99(68-55-85)125(93-28-8-2-9-29-93)98-61-48-82(49-62-98)81-46-59-97(60-47-81)124(92-26-6-1-7-27-92)96-57-44-80(45-58-96)79-40-42-86(43-41-79)115-118-110-36-16-18-38-113(110)129-115/h1-78,117,120H/b117-107?,121-108-. The molecule has 22 rings (SSSR count). The monoisotopic (exact) mass is 1700 g/mol. The number of thiazole rings is 2. The van der Waals surface area contributed by atoms with Crippen molar-refractivity contribution in [3.05, 3.63) is 479 Å². The number of hydrogen-bond acceptors (Lipinski definition) is 13. The first-order valence-electron chi connectivity index (χ1n) is 43.2. The molecule has 21 aromatic rings. The number of nitrogens with one attached hydrogen (secondary N) is 2. The van der Waals surface area contributed by atoms with Crippen LogP contribution in [0, 0.1) is 5.41 Å². The summed E-state index contributed by atoms with van der Waals surface area (Å²) in [6, 6.07) is 160. The first-order valence-corrected chi connectivity index (χ1v) is 44.9. The van der Waals surface area contributed by atoms with E-state index in [2.05, 4.69) is 401 Å². The maximum absolute atomic E-state index is 9.55. The number of aromatic nitrogens is 5. The smallest absolute Gasteiger partial charge is 0.124 e. The Bertz CT molecular complexity index is 7710. The Labute approximate surface area is 761 Å². The topological polar surface area (TPSA) is 118 Å². The van der Waals surface area contributed by atoms with E-state index in [4.69, 9.17) is 25.3 Å². The average Bonchev–Trinajstić information content (AvgIpc) is 1.58. The molecule has 0 saturated carbocycles. The molecule has 0 amide bonds. The highest BCUT2D eigenvalue weighted by molar-refractivity contribution is 7.22. The van der Waals surface area contributed by atoms with Crippen LogP contribution in [0.3, 0.4) is 0 Å². The molecule has 0 spiro atoms. The van der Waals surface area contributed by atoms with Gasteiger partial charge in [0.1, 0.15) is 26.8 Å². The van der Waals surface area contributed by atoms with Crippen LogP contribution in [0.1, 0.15) is 0 Å². The highest BCUT2D eigenvalue weighted by Crippen LogP contribution is 2.46. The quantitative estimate of drug-likeness (QED) is 0.0477.